The van der Waals surface area contributed by atoms with E-state index in [0.29, 0.717) is 19.3 Å². The fourth-order valence-corrected chi connectivity index (χ4v) is 3.38. The summed E-state index contributed by atoms with van der Waals surface area (Å²) in [6.07, 6.45) is 25.4. The van der Waals surface area contributed by atoms with Crippen molar-refractivity contribution in [1.29, 1.82) is 5.26 Å². The van der Waals surface area contributed by atoms with Crippen molar-refractivity contribution in [2.24, 2.45) is 10.7 Å². The maximum absolute atomic E-state index is 8.98. The number of nitriles is 1. The van der Waals surface area contributed by atoms with E-state index in [2.05, 4.69) is 35.2 Å². The summed E-state index contributed by atoms with van der Waals surface area (Å²) in [5.41, 5.74) is 5.66. The lowest BCUT2D eigenvalue weighted by Gasteiger charge is -2.29. The molecule has 1 rings (SSSR count). The Morgan fingerprint density at radius 1 is 0.926 bits per heavy atom. The highest BCUT2D eigenvalue weighted by Gasteiger charge is 2.17. The maximum Gasteiger partial charge on any atom is 0.207 e. The Morgan fingerprint density at radius 2 is 1.48 bits per heavy atom. The molecule has 154 valence electrons. The number of rotatable bonds is 16. The van der Waals surface area contributed by atoms with E-state index in [4.69, 9.17) is 11.0 Å². The van der Waals surface area contributed by atoms with Crippen LogP contribution in [0.1, 0.15) is 96.8 Å². The van der Waals surface area contributed by atoms with E-state index < -0.39 is 0 Å². The Hall–Kier alpha value is -1.54. The summed E-state index contributed by atoms with van der Waals surface area (Å²) in [5.74, 6) is 0.342. The maximum atomic E-state index is 8.98. The molecule has 0 amide bonds. The molecule has 0 spiro atoms. The quantitative estimate of drug-likeness (QED) is 0.224. The fourth-order valence-electron chi connectivity index (χ4n) is 3.38. The highest BCUT2D eigenvalue weighted by molar-refractivity contribution is 5.79. The van der Waals surface area contributed by atoms with E-state index in [0.717, 1.165) is 6.54 Å². The van der Waals surface area contributed by atoms with E-state index in [1.807, 2.05) is 0 Å². The average molecular weight is 376 g/mol. The van der Waals surface area contributed by atoms with Crippen molar-refractivity contribution < 1.29 is 0 Å². The second-order valence-corrected chi connectivity index (χ2v) is 7.66. The fraction of sp³-hybridized carbons (Fsp3) is 0.818. The van der Waals surface area contributed by atoms with E-state index in [1.54, 1.807) is 0 Å². The van der Waals surface area contributed by atoms with Gasteiger partial charge in [0.2, 0.25) is 5.96 Å². The second-order valence-electron chi connectivity index (χ2n) is 7.66. The molecular weight excluding hydrogens is 334 g/mol. The van der Waals surface area contributed by atoms with E-state index in [1.165, 1.54) is 94.8 Å². The van der Waals surface area contributed by atoms with Gasteiger partial charge in [-0.2, -0.15) is 5.26 Å². The van der Waals surface area contributed by atoms with Crippen molar-refractivity contribution in [3.05, 3.63) is 12.2 Å². The molecule has 0 atom stereocenters. The molecule has 0 aromatic carbocycles. The van der Waals surface area contributed by atoms with Gasteiger partial charge < -0.3 is 5.73 Å². The molecule has 1 aliphatic rings. The summed E-state index contributed by atoms with van der Waals surface area (Å²) in [7, 11) is 0. The predicted molar refractivity (Wildman–Crippen MR) is 115 cm³/mol. The van der Waals surface area contributed by atoms with Crippen molar-refractivity contribution in [2.75, 3.05) is 19.9 Å². The standard InChI is InChI=1S/C22H41N5/c1-2-3-4-5-6-7-8-9-10-11-12-13-14-15-16-17-18-26-20-25-22(24)27(19-23)21-26/h9-10H,2-8,11-18,20-21H2,1H3,(H2,24,25)/b10-9-. The summed E-state index contributed by atoms with van der Waals surface area (Å²) in [4.78, 5) is 7.80. The number of hydrogen-bond acceptors (Lipinski definition) is 5. The first kappa shape index (κ1) is 23.5. The molecule has 2 N–H and O–H groups in total. The van der Waals surface area contributed by atoms with Crippen molar-refractivity contribution >= 4 is 5.96 Å². The van der Waals surface area contributed by atoms with Crippen molar-refractivity contribution in [3.8, 4) is 6.19 Å². The molecule has 0 aromatic heterocycles. The minimum absolute atomic E-state index is 0.342. The number of allylic oxidation sites excluding steroid dienone is 2. The molecule has 1 aliphatic heterocycles. The van der Waals surface area contributed by atoms with E-state index in [9.17, 15) is 0 Å². The molecule has 5 heteroatoms. The summed E-state index contributed by atoms with van der Waals surface area (Å²) >= 11 is 0. The molecule has 0 aliphatic carbocycles. The molecule has 1 heterocycles. The molecule has 0 radical (unpaired) electrons. The molecule has 5 nitrogen and oxygen atoms in total. The monoisotopic (exact) mass is 375 g/mol. The number of aliphatic imine (C=N–C) groups is 1. The largest absolute Gasteiger partial charge is 0.369 e. The Bertz CT molecular complexity index is 452. The van der Waals surface area contributed by atoms with Gasteiger partial charge in [0.25, 0.3) is 0 Å². The summed E-state index contributed by atoms with van der Waals surface area (Å²) in [6, 6.07) is 0. The van der Waals surface area contributed by atoms with Gasteiger partial charge in [-0.15, -0.1) is 0 Å². The number of nitrogens with two attached hydrogens (primary N) is 1. The van der Waals surface area contributed by atoms with Crippen LogP contribution in [0.25, 0.3) is 0 Å². The molecule has 0 unspecified atom stereocenters. The topological polar surface area (TPSA) is 68.7 Å². The predicted octanol–water partition coefficient (Wildman–Crippen LogP) is 5.35. The van der Waals surface area contributed by atoms with Crippen molar-refractivity contribution in [1.82, 2.24) is 9.80 Å². The summed E-state index contributed by atoms with van der Waals surface area (Å²) < 4.78 is 0. The zero-order chi connectivity index (χ0) is 19.6. The van der Waals surface area contributed by atoms with Crippen LogP contribution in [0.15, 0.2) is 17.1 Å². The van der Waals surface area contributed by atoms with Crippen LogP contribution in [0.5, 0.6) is 0 Å². The highest BCUT2D eigenvalue weighted by Crippen LogP contribution is 2.11. The Labute approximate surface area is 167 Å². The molecule has 0 fully saturated rings. The lowest BCUT2D eigenvalue weighted by molar-refractivity contribution is 0.202. The first-order valence-corrected chi connectivity index (χ1v) is 11.1. The zero-order valence-electron chi connectivity index (χ0n) is 17.5. The van der Waals surface area contributed by atoms with Crippen LogP contribution in [0.3, 0.4) is 0 Å². The van der Waals surface area contributed by atoms with E-state index in [-0.39, 0.29) is 0 Å². The van der Waals surface area contributed by atoms with Gasteiger partial charge in [-0.3, -0.25) is 4.90 Å². The van der Waals surface area contributed by atoms with Crippen LogP contribution in [0.4, 0.5) is 0 Å². The zero-order valence-corrected chi connectivity index (χ0v) is 17.5. The van der Waals surface area contributed by atoms with Crippen LogP contribution in [0, 0.1) is 11.5 Å². The minimum atomic E-state index is 0.342. The van der Waals surface area contributed by atoms with Crippen LogP contribution < -0.4 is 5.73 Å². The van der Waals surface area contributed by atoms with Crippen LogP contribution in [0.2, 0.25) is 0 Å². The Balaban J connectivity index is 1.83. The third kappa shape index (κ3) is 12.5. The van der Waals surface area contributed by atoms with Crippen molar-refractivity contribution in [3.63, 3.8) is 0 Å². The molecule has 0 saturated carbocycles. The number of nitrogens with zero attached hydrogens (tertiary/aromatic N) is 4. The Morgan fingerprint density at radius 3 is 2.07 bits per heavy atom. The van der Waals surface area contributed by atoms with Gasteiger partial charge in [-0.1, -0.05) is 76.9 Å². The second kappa shape index (κ2) is 16.6. The van der Waals surface area contributed by atoms with E-state index >= 15 is 0 Å². The third-order valence-electron chi connectivity index (χ3n) is 5.16. The number of guanidine groups is 1. The van der Waals surface area contributed by atoms with Crippen LogP contribution in [-0.2, 0) is 0 Å². The molecule has 0 saturated heterocycles. The van der Waals surface area contributed by atoms with Crippen molar-refractivity contribution in [2.45, 2.75) is 96.8 Å². The highest BCUT2D eigenvalue weighted by atomic mass is 15.4. The molecule has 27 heavy (non-hydrogen) atoms. The van der Waals surface area contributed by atoms with Gasteiger partial charge in [0.05, 0.1) is 13.3 Å². The van der Waals surface area contributed by atoms with Gasteiger partial charge in [0.1, 0.15) is 0 Å². The summed E-state index contributed by atoms with van der Waals surface area (Å²) in [6.45, 7) is 4.47. The normalized spacial score (nSPS) is 15.3. The molecule has 0 aromatic rings. The lowest BCUT2D eigenvalue weighted by atomic mass is 10.1. The average Bonchev–Trinajstić information content (AvgIpc) is 2.68. The van der Waals surface area contributed by atoms with Crippen LogP contribution in [-0.4, -0.2) is 35.6 Å². The van der Waals surface area contributed by atoms with Gasteiger partial charge in [-0.25, -0.2) is 9.89 Å². The van der Waals surface area contributed by atoms with Gasteiger partial charge in [0, 0.05) is 6.54 Å². The SMILES string of the molecule is CCCCCCCC/C=C\CCCCCCCCN1CN=C(N)N(C#N)C1. The molecular formula is C22H41N5. The first-order chi connectivity index (χ1) is 13.3. The lowest BCUT2D eigenvalue weighted by Crippen LogP contribution is -2.47. The first-order valence-electron chi connectivity index (χ1n) is 11.1. The number of hydrogen-bond donors (Lipinski definition) is 1. The number of unbranched alkanes of at least 4 members (excludes halogenated alkanes) is 12. The van der Waals surface area contributed by atoms with Gasteiger partial charge >= 0.3 is 0 Å². The van der Waals surface area contributed by atoms with Gasteiger partial charge in [0.15, 0.2) is 6.19 Å². The van der Waals surface area contributed by atoms with Crippen LogP contribution >= 0.6 is 0 Å². The third-order valence-corrected chi connectivity index (χ3v) is 5.16. The molecule has 0 bridgehead atoms. The Kier molecular flexibility index (Phi) is 14.5. The summed E-state index contributed by atoms with van der Waals surface area (Å²) in [5, 5.41) is 8.98. The minimum Gasteiger partial charge on any atom is -0.369 e. The van der Waals surface area contributed by atoms with Gasteiger partial charge in [-0.05, 0) is 32.1 Å². The smallest absolute Gasteiger partial charge is 0.207 e.